The van der Waals surface area contributed by atoms with Gasteiger partial charge in [0.1, 0.15) is 0 Å². The molecule has 0 heterocycles. The summed E-state index contributed by atoms with van der Waals surface area (Å²) < 4.78 is 0. The highest BCUT2D eigenvalue weighted by Crippen LogP contribution is 3.06. The van der Waals surface area contributed by atoms with Gasteiger partial charge in [-0.3, -0.25) is 4.90 Å². The van der Waals surface area contributed by atoms with Gasteiger partial charge in [0.15, 0.2) is 0 Å². The molecule has 4 aromatic rings. The van der Waals surface area contributed by atoms with Gasteiger partial charge >= 0.3 is 0 Å². The second kappa shape index (κ2) is 12.8. The van der Waals surface area contributed by atoms with Gasteiger partial charge < -0.3 is 5.32 Å². The molecule has 0 amide bonds. The van der Waals surface area contributed by atoms with Crippen LogP contribution in [0, 0.1) is 16.7 Å². The van der Waals surface area contributed by atoms with E-state index in [2.05, 4.69) is 145 Å². The van der Waals surface area contributed by atoms with E-state index in [1.54, 1.807) is 24.8 Å². The van der Waals surface area contributed by atoms with Crippen LogP contribution < -0.4 is 5.32 Å². The Balaban J connectivity index is 0.000000119. The topological polar surface area (TPSA) is 15.3 Å². The molecular formula is C48H54N2. The van der Waals surface area contributed by atoms with Crippen molar-refractivity contribution in [1.29, 1.82) is 0 Å². The van der Waals surface area contributed by atoms with E-state index in [0.29, 0.717) is 17.6 Å². The summed E-state index contributed by atoms with van der Waals surface area (Å²) >= 11 is 0. The van der Waals surface area contributed by atoms with Crippen LogP contribution in [0.15, 0.2) is 121 Å². The summed E-state index contributed by atoms with van der Waals surface area (Å²) in [5.74, 6) is 1.02. The Hall–Kier alpha value is -3.72. The van der Waals surface area contributed by atoms with Crippen molar-refractivity contribution in [2.24, 2.45) is 16.7 Å². The molecule has 4 aromatic carbocycles. The minimum absolute atomic E-state index is 0.493. The van der Waals surface area contributed by atoms with Crippen molar-refractivity contribution in [1.82, 2.24) is 10.2 Å². The van der Waals surface area contributed by atoms with Gasteiger partial charge in [-0.2, -0.15) is 0 Å². The van der Waals surface area contributed by atoms with Gasteiger partial charge in [-0.15, -0.1) is 0 Å². The van der Waals surface area contributed by atoms with Crippen LogP contribution in [0.4, 0.5) is 0 Å². The second-order valence-electron chi connectivity index (χ2n) is 17.1. The lowest BCUT2D eigenvalue weighted by Gasteiger charge is -2.68. The number of nitrogens with one attached hydrogen (secondary N) is 1. The molecule has 2 bridgehead atoms. The van der Waals surface area contributed by atoms with Crippen molar-refractivity contribution in [2.75, 3.05) is 0 Å². The Morgan fingerprint density at radius 1 is 0.620 bits per heavy atom. The highest BCUT2D eigenvalue weighted by molar-refractivity contribution is 5.74. The van der Waals surface area contributed by atoms with Crippen molar-refractivity contribution in [3.05, 3.63) is 155 Å². The third-order valence-corrected chi connectivity index (χ3v) is 13.5. The zero-order valence-corrected chi connectivity index (χ0v) is 30.2. The van der Waals surface area contributed by atoms with E-state index in [4.69, 9.17) is 0 Å². The molecule has 2 nitrogen and oxygen atoms in total. The number of hydrogen-bond donors (Lipinski definition) is 1. The molecule has 0 aromatic heterocycles. The molecule has 2 heteroatoms. The molecule has 0 saturated heterocycles. The van der Waals surface area contributed by atoms with E-state index in [9.17, 15) is 0 Å². The number of rotatable bonds is 11. The van der Waals surface area contributed by atoms with Gasteiger partial charge in [0.2, 0.25) is 0 Å². The standard InChI is InChI=1S/C24H27N.C19H21N.C5H6/c1-18(13-22-12-11-21-9-5-6-10-23(21)22)25(24-14-20(15-24)16-24)17-19-7-3-2-4-8-19;1-15(20-14-16-7-3-2-4-8-16)13-18-12-11-17-9-5-6-10-19(17)18;1-4-2-5(1,4)3-4/h2-10,12,18,20H,11,13-17H2,1H3;2-10,12,15,20H,11,13-14H2,1H3;1-3H2/t18-,20?,24?;15-;/m11./s1. The molecule has 6 fully saturated rings. The van der Waals surface area contributed by atoms with Crippen LogP contribution in [0.1, 0.15) is 98.6 Å². The average Bonchev–Trinajstić information content (AvgIpc) is 3.98. The van der Waals surface area contributed by atoms with Gasteiger partial charge in [0.05, 0.1) is 0 Å². The van der Waals surface area contributed by atoms with Gasteiger partial charge in [-0.05, 0) is 139 Å². The molecule has 50 heavy (non-hydrogen) atoms. The maximum Gasteiger partial charge on any atom is 0.0242 e. The minimum atomic E-state index is 0.493. The quantitative estimate of drug-likeness (QED) is 0.173. The van der Waals surface area contributed by atoms with Crippen molar-refractivity contribution in [2.45, 2.75) is 109 Å². The lowest BCUT2D eigenvalue weighted by atomic mass is 9.48. The van der Waals surface area contributed by atoms with E-state index in [0.717, 1.165) is 49.1 Å². The van der Waals surface area contributed by atoms with Crippen LogP contribution in [0.5, 0.6) is 0 Å². The fraction of sp³-hybridized carbons (Fsp3) is 0.417. The van der Waals surface area contributed by atoms with Gasteiger partial charge in [0.25, 0.3) is 0 Å². The Morgan fingerprint density at radius 3 is 1.60 bits per heavy atom. The fourth-order valence-corrected chi connectivity index (χ4v) is 9.83. The first-order chi connectivity index (χ1) is 24.4. The monoisotopic (exact) mass is 658 g/mol. The highest BCUT2D eigenvalue weighted by atomic mass is 15.3. The molecule has 0 spiro atoms. The Bertz CT molecular complexity index is 1850. The molecular weight excluding hydrogens is 605 g/mol. The normalized spacial score (nSPS) is 28.7. The number of benzene rings is 4. The van der Waals surface area contributed by atoms with Crippen LogP contribution >= 0.6 is 0 Å². The summed E-state index contributed by atoms with van der Waals surface area (Å²) in [5.41, 5.74) is 14.4. The molecule has 2 atom stereocenters. The molecule has 1 N–H and O–H groups in total. The van der Waals surface area contributed by atoms with Crippen molar-refractivity contribution >= 4 is 11.1 Å². The summed E-state index contributed by atoms with van der Waals surface area (Å²) in [7, 11) is 0. The SMILES string of the molecule is C1C23CC12C3.C[C@H](CC1=CCc2ccccc21)N(Cc1ccccc1)C12CC(C1)C2.C[C@H](CC1=CCc2ccccc21)NCc1ccccc1. The van der Waals surface area contributed by atoms with Crippen LogP contribution in [-0.2, 0) is 25.9 Å². The molecule has 256 valence electrons. The fourth-order valence-electron chi connectivity index (χ4n) is 9.83. The maximum atomic E-state index is 3.62. The number of allylic oxidation sites excluding steroid dienone is 2. The summed E-state index contributed by atoms with van der Waals surface area (Å²) in [5, 5.41) is 3.62. The van der Waals surface area contributed by atoms with E-state index in [1.165, 1.54) is 64.6 Å². The van der Waals surface area contributed by atoms with Gasteiger partial charge in [-0.25, -0.2) is 0 Å². The predicted octanol–water partition coefficient (Wildman–Crippen LogP) is 10.8. The predicted molar refractivity (Wildman–Crippen MR) is 208 cm³/mol. The van der Waals surface area contributed by atoms with E-state index >= 15 is 0 Å². The largest absolute Gasteiger partial charge is 0.310 e. The Kier molecular flexibility index (Phi) is 8.25. The second-order valence-corrected chi connectivity index (χ2v) is 17.1. The van der Waals surface area contributed by atoms with Crippen LogP contribution in [0.2, 0.25) is 0 Å². The van der Waals surface area contributed by atoms with Gasteiger partial charge in [-0.1, -0.05) is 121 Å². The third-order valence-electron chi connectivity index (χ3n) is 13.5. The number of nitrogens with zero attached hydrogens (tertiary/aromatic N) is 1. The summed E-state index contributed by atoms with van der Waals surface area (Å²) in [6, 6.07) is 40.4. The lowest BCUT2D eigenvalue weighted by Crippen LogP contribution is -2.69. The summed E-state index contributed by atoms with van der Waals surface area (Å²) in [6.45, 7) is 6.76. The summed E-state index contributed by atoms with van der Waals surface area (Å²) in [6.07, 6.45) is 18.5. The smallest absolute Gasteiger partial charge is 0.0242 e. The zero-order chi connectivity index (χ0) is 33.8. The molecule has 8 aliphatic rings. The zero-order valence-electron chi connectivity index (χ0n) is 30.2. The number of fused-ring (bicyclic) bond motifs is 2. The number of hydrogen-bond acceptors (Lipinski definition) is 2. The first-order valence-electron chi connectivity index (χ1n) is 19.6. The average molecular weight is 659 g/mol. The minimum Gasteiger partial charge on any atom is -0.310 e. The van der Waals surface area contributed by atoms with Crippen LogP contribution in [-0.4, -0.2) is 22.5 Å². The Morgan fingerprint density at radius 2 is 1.10 bits per heavy atom. The van der Waals surface area contributed by atoms with E-state index in [-0.39, 0.29) is 0 Å². The summed E-state index contributed by atoms with van der Waals surface area (Å²) in [4.78, 5) is 2.84. The molecule has 0 unspecified atom stereocenters. The maximum absolute atomic E-state index is 3.62. The van der Waals surface area contributed by atoms with Crippen molar-refractivity contribution < 1.29 is 0 Å². The molecule has 12 rings (SSSR count). The lowest BCUT2D eigenvalue weighted by molar-refractivity contribution is -0.162. The Labute approximate surface area is 300 Å². The van der Waals surface area contributed by atoms with Crippen LogP contribution in [0.25, 0.3) is 11.1 Å². The molecule has 6 saturated carbocycles. The first-order valence-corrected chi connectivity index (χ1v) is 19.6. The third kappa shape index (κ3) is 6.24. The van der Waals surface area contributed by atoms with Gasteiger partial charge in [0, 0.05) is 30.7 Å². The molecule has 8 aliphatic carbocycles. The van der Waals surface area contributed by atoms with Crippen molar-refractivity contribution in [3.63, 3.8) is 0 Å². The van der Waals surface area contributed by atoms with Crippen molar-refractivity contribution in [3.8, 4) is 0 Å². The van der Waals surface area contributed by atoms with E-state index < -0.39 is 0 Å². The molecule has 0 radical (unpaired) electrons. The molecule has 0 aliphatic heterocycles. The van der Waals surface area contributed by atoms with E-state index in [1.807, 2.05) is 0 Å². The highest BCUT2D eigenvalue weighted by Gasteiger charge is 2.97. The first kappa shape index (κ1) is 32.2. The van der Waals surface area contributed by atoms with Crippen LogP contribution in [0.3, 0.4) is 0 Å².